The summed E-state index contributed by atoms with van der Waals surface area (Å²) in [5.41, 5.74) is 14.6. The molecular weight excluding hydrogens is 629 g/mol. The molecule has 0 amide bonds. The van der Waals surface area contributed by atoms with Crippen LogP contribution >= 0.6 is 0 Å². The molecule has 52 heavy (non-hydrogen) atoms. The van der Waals surface area contributed by atoms with Gasteiger partial charge in [0, 0.05) is 34.1 Å². The number of hydrogen-bond acceptors (Lipinski definition) is 2. The standard InChI is InChI=1S/C50H46N2/c1-36-13-12-20-44(33-36)47-35-42(23-27-48(47)51-45-25-21-39(22-26-45)37-14-6-3-7-15-37)43-24-28-49(46(34-43)41-18-10-5-11-19-41)52-50(2)31-29-40(30-32-50)38-16-8-4-9-17-38/h3-12,14-22,24-31,33-36,42,51-52H,13,23,32H2,1-2H3. The van der Waals surface area contributed by atoms with E-state index in [2.05, 4.69) is 207 Å². The molecule has 2 N–H and O–H groups in total. The summed E-state index contributed by atoms with van der Waals surface area (Å²) in [7, 11) is 0. The number of benzene rings is 5. The van der Waals surface area contributed by atoms with E-state index in [-0.39, 0.29) is 11.5 Å². The fourth-order valence-electron chi connectivity index (χ4n) is 7.60. The van der Waals surface area contributed by atoms with E-state index in [0.29, 0.717) is 5.92 Å². The Morgan fingerprint density at radius 2 is 1.29 bits per heavy atom. The van der Waals surface area contributed by atoms with E-state index in [1.54, 1.807) is 0 Å². The summed E-state index contributed by atoms with van der Waals surface area (Å²) < 4.78 is 0. The Morgan fingerprint density at radius 3 is 1.96 bits per heavy atom. The predicted octanol–water partition coefficient (Wildman–Crippen LogP) is 13.2. The maximum Gasteiger partial charge on any atom is 0.0566 e. The van der Waals surface area contributed by atoms with Gasteiger partial charge < -0.3 is 10.6 Å². The van der Waals surface area contributed by atoms with Crippen LogP contribution in [-0.2, 0) is 0 Å². The molecule has 3 atom stereocenters. The first-order chi connectivity index (χ1) is 25.5. The molecule has 5 aromatic rings. The van der Waals surface area contributed by atoms with E-state index < -0.39 is 0 Å². The van der Waals surface area contributed by atoms with Gasteiger partial charge in [-0.3, -0.25) is 0 Å². The lowest BCUT2D eigenvalue weighted by molar-refractivity contribution is 0.643. The predicted molar refractivity (Wildman–Crippen MR) is 222 cm³/mol. The highest BCUT2D eigenvalue weighted by Gasteiger charge is 2.26. The quantitative estimate of drug-likeness (QED) is 0.163. The number of anilines is 2. The first kappa shape index (κ1) is 33.3. The van der Waals surface area contributed by atoms with Crippen molar-refractivity contribution in [3.63, 3.8) is 0 Å². The minimum atomic E-state index is -0.194. The van der Waals surface area contributed by atoms with Crippen molar-refractivity contribution >= 4 is 16.9 Å². The van der Waals surface area contributed by atoms with Crippen molar-refractivity contribution in [2.75, 3.05) is 10.6 Å². The first-order valence-corrected chi connectivity index (χ1v) is 18.7. The van der Waals surface area contributed by atoms with Gasteiger partial charge in [-0.1, -0.05) is 165 Å². The van der Waals surface area contributed by atoms with Gasteiger partial charge in [0.25, 0.3) is 0 Å². The zero-order valence-electron chi connectivity index (χ0n) is 30.1. The summed E-state index contributed by atoms with van der Waals surface area (Å²) in [5, 5.41) is 7.75. The lowest BCUT2D eigenvalue weighted by atomic mass is 9.82. The minimum Gasteiger partial charge on any atom is -0.376 e. The third kappa shape index (κ3) is 7.43. The molecule has 3 aliphatic carbocycles. The van der Waals surface area contributed by atoms with Crippen LogP contribution in [0.2, 0.25) is 0 Å². The van der Waals surface area contributed by atoms with Crippen molar-refractivity contribution in [2.45, 2.75) is 44.6 Å². The molecule has 3 unspecified atom stereocenters. The summed E-state index contributed by atoms with van der Waals surface area (Å²) >= 11 is 0. The summed E-state index contributed by atoms with van der Waals surface area (Å²) in [6, 6.07) is 47.9. The summed E-state index contributed by atoms with van der Waals surface area (Å²) in [4.78, 5) is 0. The fraction of sp³-hybridized carbons (Fsp3) is 0.160. The van der Waals surface area contributed by atoms with E-state index >= 15 is 0 Å². The van der Waals surface area contributed by atoms with Gasteiger partial charge in [-0.15, -0.1) is 0 Å². The monoisotopic (exact) mass is 674 g/mol. The number of allylic oxidation sites excluding steroid dienone is 8. The molecule has 0 bridgehead atoms. The Balaban J connectivity index is 1.08. The normalized spacial score (nSPS) is 21.0. The average Bonchev–Trinajstić information content (AvgIpc) is 3.20. The maximum absolute atomic E-state index is 3.95. The van der Waals surface area contributed by atoms with Crippen LogP contribution in [0.15, 0.2) is 199 Å². The number of rotatable bonds is 9. The Bertz CT molecular complexity index is 2220. The fourth-order valence-corrected chi connectivity index (χ4v) is 7.60. The second-order valence-corrected chi connectivity index (χ2v) is 14.6. The molecule has 0 heterocycles. The molecule has 0 saturated carbocycles. The van der Waals surface area contributed by atoms with Gasteiger partial charge in [-0.05, 0) is 95.3 Å². The van der Waals surface area contributed by atoms with Crippen molar-refractivity contribution in [1.29, 1.82) is 0 Å². The highest BCUT2D eigenvalue weighted by atomic mass is 15.0. The SMILES string of the molecule is CC1C=C(C2=CC(c3ccc(NC4(C)C=CC(c5ccccc5)=CC4)c(-c4ccccc4)c3)CC=C2Nc2ccc(-c3ccccc3)cc2)C=CC1. The van der Waals surface area contributed by atoms with E-state index in [0.717, 1.165) is 30.6 Å². The van der Waals surface area contributed by atoms with Crippen LogP contribution in [0, 0.1) is 5.92 Å². The Morgan fingerprint density at radius 1 is 0.615 bits per heavy atom. The van der Waals surface area contributed by atoms with Crippen LogP contribution < -0.4 is 10.6 Å². The molecule has 0 aliphatic heterocycles. The van der Waals surface area contributed by atoms with Crippen LogP contribution in [0.3, 0.4) is 0 Å². The molecule has 3 aliphatic rings. The molecule has 0 saturated heterocycles. The van der Waals surface area contributed by atoms with Gasteiger partial charge in [-0.25, -0.2) is 0 Å². The van der Waals surface area contributed by atoms with Gasteiger partial charge in [0.1, 0.15) is 0 Å². The third-order valence-electron chi connectivity index (χ3n) is 10.5. The molecule has 256 valence electrons. The molecular formula is C50H46N2. The lowest BCUT2D eigenvalue weighted by Crippen LogP contribution is -2.33. The van der Waals surface area contributed by atoms with Gasteiger partial charge in [0.2, 0.25) is 0 Å². The summed E-state index contributed by atoms with van der Waals surface area (Å²) in [5.74, 6) is 0.766. The molecule has 0 aromatic heterocycles. The molecule has 2 nitrogen and oxygen atoms in total. The number of nitrogens with one attached hydrogen (secondary N) is 2. The van der Waals surface area contributed by atoms with Gasteiger partial charge in [-0.2, -0.15) is 0 Å². The van der Waals surface area contributed by atoms with Crippen LogP contribution in [-0.4, -0.2) is 5.54 Å². The molecule has 8 rings (SSSR count). The minimum absolute atomic E-state index is 0.194. The zero-order valence-corrected chi connectivity index (χ0v) is 30.1. The highest BCUT2D eigenvalue weighted by Crippen LogP contribution is 2.41. The third-order valence-corrected chi connectivity index (χ3v) is 10.5. The largest absolute Gasteiger partial charge is 0.376 e. The van der Waals surface area contributed by atoms with E-state index in [4.69, 9.17) is 0 Å². The Hall–Kier alpha value is -5.86. The van der Waals surface area contributed by atoms with Gasteiger partial charge >= 0.3 is 0 Å². The Labute approximate surface area is 309 Å². The van der Waals surface area contributed by atoms with Crippen LogP contribution in [0.4, 0.5) is 11.4 Å². The second kappa shape index (κ2) is 14.8. The highest BCUT2D eigenvalue weighted by molar-refractivity contribution is 5.81. The van der Waals surface area contributed by atoms with Crippen LogP contribution in [0.5, 0.6) is 0 Å². The maximum atomic E-state index is 3.95. The van der Waals surface area contributed by atoms with Crippen molar-refractivity contribution in [3.8, 4) is 22.3 Å². The van der Waals surface area contributed by atoms with Crippen molar-refractivity contribution in [2.24, 2.45) is 5.92 Å². The molecule has 5 aromatic carbocycles. The molecule has 0 fully saturated rings. The van der Waals surface area contributed by atoms with Crippen LogP contribution in [0.25, 0.3) is 27.8 Å². The van der Waals surface area contributed by atoms with Gasteiger partial charge in [0.15, 0.2) is 0 Å². The zero-order chi connectivity index (χ0) is 35.3. The smallest absolute Gasteiger partial charge is 0.0566 e. The van der Waals surface area contributed by atoms with Crippen molar-refractivity contribution in [3.05, 3.63) is 210 Å². The Kier molecular flexibility index (Phi) is 9.46. The molecule has 2 heteroatoms. The average molecular weight is 675 g/mol. The summed E-state index contributed by atoms with van der Waals surface area (Å²) in [6.45, 7) is 4.60. The topological polar surface area (TPSA) is 24.1 Å². The van der Waals surface area contributed by atoms with Crippen LogP contribution in [0.1, 0.15) is 50.2 Å². The van der Waals surface area contributed by atoms with Crippen molar-refractivity contribution in [1.82, 2.24) is 0 Å². The van der Waals surface area contributed by atoms with Crippen molar-refractivity contribution < 1.29 is 0 Å². The molecule has 0 spiro atoms. The van der Waals surface area contributed by atoms with Gasteiger partial charge in [0.05, 0.1) is 5.54 Å². The molecule has 0 radical (unpaired) electrons. The number of hydrogen-bond donors (Lipinski definition) is 2. The lowest BCUT2D eigenvalue weighted by Gasteiger charge is -2.32. The second-order valence-electron chi connectivity index (χ2n) is 14.6. The summed E-state index contributed by atoms with van der Waals surface area (Å²) in [6.07, 6.45) is 21.8. The van der Waals surface area contributed by atoms with E-state index in [9.17, 15) is 0 Å². The van der Waals surface area contributed by atoms with E-state index in [1.165, 1.54) is 55.8 Å². The first-order valence-electron chi connectivity index (χ1n) is 18.7. The van der Waals surface area contributed by atoms with E-state index in [1.807, 2.05) is 0 Å².